The molecule has 2 aromatic rings. The molecule has 2 heterocycles. The van der Waals surface area contributed by atoms with Crippen LogP contribution in [0, 0.1) is 0 Å². The van der Waals surface area contributed by atoms with Crippen LogP contribution < -0.4 is 0 Å². The smallest absolute Gasteiger partial charge is 0.345 e. The Bertz CT molecular complexity index is 728. The molecule has 1 fully saturated rings. The fraction of sp³-hybridized carbons (Fsp3) is 0.250. The molecule has 1 aliphatic rings. The normalized spacial score (nSPS) is 18.0. The maximum atomic E-state index is 12.5. The van der Waals surface area contributed by atoms with Crippen molar-refractivity contribution in [1.29, 1.82) is 0 Å². The molecule has 1 amide bonds. The Morgan fingerprint density at radius 1 is 1.17 bits per heavy atom. The number of amides is 1. The Morgan fingerprint density at radius 3 is 2.52 bits per heavy atom. The summed E-state index contributed by atoms with van der Waals surface area (Å²) in [6.45, 7) is 1.36. The molecule has 23 heavy (non-hydrogen) atoms. The minimum atomic E-state index is -1.02. The van der Waals surface area contributed by atoms with Crippen molar-refractivity contribution in [1.82, 2.24) is 4.90 Å². The molecule has 7 heteroatoms. The van der Waals surface area contributed by atoms with Crippen molar-refractivity contribution in [2.24, 2.45) is 0 Å². The van der Waals surface area contributed by atoms with Crippen molar-refractivity contribution in [3.8, 4) is 0 Å². The molecule has 1 unspecified atom stereocenters. The van der Waals surface area contributed by atoms with Crippen molar-refractivity contribution in [2.75, 3.05) is 19.7 Å². The van der Waals surface area contributed by atoms with Gasteiger partial charge in [-0.15, -0.1) is 11.3 Å². The molecule has 1 atom stereocenters. The lowest BCUT2D eigenvalue weighted by molar-refractivity contribution is -0.0226. The van der Waals surface area contributed by atoms with Crippen molar-refractivity contribution in [3.05, 3.63) is 56.7 Å². The van der Waals surface area contributed by atoms with Gasteiger partial charge in [0.15, 0.2) is 0 Å². The van der Waals surface area contributed by atoms with Crippen molar-refractivity contribution in [3.63, 3.8) is 0 Å². The number of carbonyl (C=O) groups excluding carboxylic acids is 1. The van der Waals surface area contributed by atoms with E-state index in [4.69, 9.17) is 21.4 Å². The van der Waals surface area contributed by atoms with E-state index in [1.165, 1.54) is 6.07 Å². The summed E-state index contributed by atoms with van der Waals surface area (Å²) in [7, 11) is 0. The Morgan fingerprint density at radius 2 is 1.87 bits per heavy atom. The molecule has 0 aliphatic carbocycles. The lowest BCUT2D eigenvalue weighted by atomic mass is 10.1. The first kappa shape index (κ1) is 16.0. The first-order valence-electron chi connectivity index (χ1n) is 7.04. The second kappa shape index (κ2) is 6.70. The molecule has 1 aromatic heterocycles. The van der Waals surface area contributed by atoms with Gasteiger partial charge in [0.05, 0.1) is 18.0 Å². The molecule has 120 valence electrons. The van der Waals surface area contributed by atoms with Gasteiger partial charge in [0, 0.05) is 11.6 Å². The average molecular weight is 352 g/mol. The van der Waals surface area contributed by atoms with E-state index in [1.54, 1.807) is 23.1 Å². The van der Waals surface area contributed by atoms with E-state index in [0.717, 1.165) is 16.9 Å². The van der Waals surface area contributed by atoms with Gasteiger partial charge in [0.25, 0.3) is 5.91 Å². The predicted molar refractivity (Wildman–Crippen MR) is 87.3 cm³/mol. The number of aromatic carboxylic acids is 1. The number of carboxylic acid groups (broad SMARTS) is 1. The second-order valence-electron chi connectivity index (χ2n) is 5.13. The Hall–Kier alpha value is -1.89. The Labute approximate surface area is 142 Å². The van der Waals surface area contributed by atoms with Gasteiger partial charge >= 0.3 is 5.97 Å². The van der Waals surface area contributed by atoms with Gasteiger partial charge in [-0.25, -0.2) is 4.79 Å². The van der Waals surface area contributed by atoms with E-state index >= 15 is 0 Å². The van der Waals surface area contributed by atoms with Crippen molar-refractivity contribution < 1.29 is 19.4 Å². The Balaban J connectivity index is 1.73. The zero-order chi connectivity index (χ0) is 16.4. The van der Waals surface area contributed by atoms with Crippen LogP contribution in [0.2, 0.25) is 5.02 Å². The van der Waals surface area contributed by atoms with E-state index in [-0.39, 0.29) is 16.9 Å². The lowest BCUT2D eigenvalue weighted by Gasteiger charge is -2.33. The molecule has 0 saturated carbocycles. The highest BCUT2D eigenvalue weighted by atomic mass is 35.5. The third-order valence-corrected chi connectivity index (χ3v) is 4.94. The zero-order valence-electron chi connectivity index (χ0n) is 12.1. The maximum Gasteiger partial charge on any atom is 0.345 e. The van der Waals surface area contributed by atoms with Crippen LogP contribution in [-0.4, -0.2) is 41.6 Å². The number of morpholine rings is 1. The van der Waals surface area contributed by atoms with Crippen LogP contribution in [0.25, 0.3) is 0 Å². The van der Waals surface area contributed by atoms with Crippen LogP contribution in [-0.2, 0) is 4.74 Å². The van der Waals surface area contributed by atoms with Gasteiger partial charge in [-0.1, -0.05) is 23.7 Å². The summed E-state index contributed by atoms with van der Waals surface area (Å²) in [6.07, 6.45) is -0.205. The highest BCUT2D eigenvalue weighted by molar-refractivity contribution is 7.15. The molecule has 0 bridgehead atoms. The SMILES string of the molecule is O=C(O)c1ccc(C(=O)N2CCOC(c3ccc(Cl)cc3)C2)s1. The number of rotatable bonds is 3. The summed E-state index contributed by atoms with van der Waals surface area (Å²) in [4.78, 5) is 25.8. The first-order chi connectivity index (χ1) is 11.0. The van der Waals surface area contributed by atoms with Gasteiger partial charge in [0.2, 0.25) is 0 Å². The van der Waals surface area contributed by atoms with Gasteiger partial charge in [0.1, 0.15) is 11.0 Å². The van der Waals surface area contributed by atoms with Crippen LogP contribution in [0.4, 0.5) is 0 Å². The molecular weight excluding hydrogens is 338 g/mol. The number of carbonyl (C=O) groups is 2. The largest absolute Gasteiger partial charge is 0.477 e. The summed E-state index contributed by atoms with van der Waals surface area (Å²) >= 11 is 6.88. The average Bonchev–Trinajstić information content (AvgIpc) is 3.05. The quantitative estimate of drug-likeness (QED) is 0.921. The molecule has 3 rings (SSSR count). The molecule has 1 N–H and O–H groups in total. The van der Waals surface area contributed by atoms with Crippen LogP contribution >= 0.6 is 22.9 Å². The number of carboxylic acids is 1. The highest BCUT2D eigenvalue weighted by Crippen LogP contribution is 2.26. The van der Waals surface area contributed by atoms with E-state index in [1.807, 2.05) is 12.1 Å². The van der Waals surface area contributed by atoms with Crippen molar-refractivity contribution in [2.45, 2.75) is 6.10 Å². The predicted octanol–water partition coefficient (Wildman–Crippen LogP) is 3.31. The lowest BCUT2D eigenvalue weighted by Crippen LogP contribution is -2.42. The van der Waals surface area contributed by atoms with E-state index in [2.05, 4.69) is 0 Å². The zero-order valence-corrected chi connectivity index (χ0v) is 13.6. The summed E-state index contributed by atoms with van der Waals surface area (Å²) in [5, 5.41) is 9.61. The molecule has 1 aliphatic heterocycles. The minimum Gasteiger partial charge on any atom is -0.477 e. The molecular formula is C16H14ClNO4S. The van der Waals surface area contributed by atoms with E-state index in [0.29, 0.717) is 29.6 Å². The fourth-order valence-electron chi connectivity index (χ4n) is 2.44. The van der Waals surface area contributed by atoms with Crippen LogP contribution in [0.1, 0.15) is 31.0 Å². The summed E-state index contributed by atoms with van der Waals surface area (Å²) in [5.74, 6) is -1.18. The van der Waals surface area contributed by atoms with Gasteiger partial charge < -0.3 is 14.7 Å². The van der Waals surface area contributed by atoms with E-state index in [9.17, 15) is 9.59 Å². The number of hydrogen-bond donors (Lipinski definition) is 1. The van der Waals surface area contributed by atoms with Gasteiger partial charge in [-0.05, 0) is 29.8 Å². The molecule has 0 spiro atoms. The van der Waals surface area contributed by atoms with Gasteiger partial charge in [-0.3, -0.25) is 4.79 Å². The van der Waals surface area contributed by atoms with E-state index < -0.39 is 5.97 Å². The summed E-state index contributed by atoms with van der Waals surface area (Å²) in [6, 6.07) is 10.4. The highest BCUT2D eigenvalue weighted by Gasteiger charge is 2.27. The third kappa shape index (κ3) is 3.55. The second-order valence-corrected chi connectivity index (χ2v) is 6.65. The van der Waals surface area contributed by atoms with Crippen LogP contribution in [0.3, 0.4) is 0 Å². The summed E-state index contributed by atoms with van der Waals surface area (Å²) in [5.41, 5.74) is 0.962. The number of hydrogen-bond acceptors (Lipinski definition) is 4. The van der Waals surface area contributed by atoms with Crippen LogP contribution in [0.15, 0.2) is 36.4 Å². The topological polar surface area (TPSA) is 66.8 Å². The van der Waals surface area contributed by atoms with Crippen molar-refractivity contribution >= 4 is 34.8 Å². The molecule has 1 saturated heterocycles. The Kier molecular flexibility index (Phi) is 4.66. The number of halogens is 1. The number of benzene rings is 1. The first-order valence-corrected chi connectivity index (χ1v) is 8.23. The fourth-order valence-corrected chi connectivity index (χ4v) is 3.38. The molecule has 1 aromatic carbocycles. The summed E-state index contributed by atoms with van der Waals surface area (Å²) < 4.78 is 5.74. The monoisotopic (exact) mass is 351 g/mol. The van der Waals surface area contributed by atoms with Crippen LogP contribution in [0.5, 0.6) is 0 Å². The third-order valence-electron chi connectivity index (χ3n) is 3.62. The van der Waals surface area contributed by atoms with Gasteiger partial charge in [-0.2, -0.15) is 0 Å². The number of thiophene rings is 1. The number of ether oxygens (including phenoxy) is 1. The maximum absolute atomic E-state index is 12.5. The molecule has 5 nitrogen and oxygen atoms in total. The number of nitrogens with zero attached hydrogens (tertiary/aromatic N) is 1. The minimum absolute atomic E-state index is 0.162. The standard InChI is InChI=1S/C16H14ClNO4S/c17-11-3-1-10(2-4-11)12-9-18(7-8-22-12)15(19)13-5-6-14(23-13)16(20)21/h1-6,12H,7-9H2,(H,20,21). The molecule has 0 radical (unpaired) electrons.